The number of nitrogens with one attached hydrogen (secondary N) is 2. The first kappa shape index (κ1) is 22.8. The molecule has 0 spiro atoms. The molecule has 33 heavy (non-hydrogen) atoms. The number of fused-ring (bicyclic) bond motifs is 1. The first-order valence-corrected chi connectivity index (χ1v) is 11.1. The van der Waals surface area contributed by atoms with Crippen molar-refractivity contribution in [3.63, 3.8) is 0 Å². The van der Waals surface area contributed by atoms with Gasteiger partial charge in [-0.2, -0.15) is 0 Å². The van der Waals surface area contributed by atoms with Crippen molar-refractivity contribution in [1.29, 1.82) is 0 Å². The van der Waals surface area contributed by atoms with E-state index in [0.29, 0.717) is 17.0 Å². The predicted molar refractivity (Wildman–Crippen MR) is 128 cm³/mol. The number of esters is 1. The second-order valence-corrected chi connectivity index (χ2v) is 8.24. The maximum Gasteiger partial charge on any atom is 0.356 e. The van der Waals surface area contributed by atoms with Gasteiger partial charge in [-0.15, -0.1) is 0 Å². The number of hydrogen-bond donors (Lipinski definition) is 2. The third-order valence-electron chi connectivity index (χ3n) is 6.23. The molecule has 0 radical (unpaired) electrons. The van der Waals surface area contributed by atoms with Crippen LogP contribution < -0.4 is 10.1 Å². The van der Waals surface area contributed by atoms with Gasteiger partial charge in [0.1, 0.15) is 11.4 Å². The van der Waals surface area contributed by atoms with Crippen LogP contribution in [0, 0.1) is 0 Å². The van der Waals surface area contributed by atoms with E-state index in [-0.39, 0.29) is 17.6 Å². The highest BCUT2D eigenvalue weighted by atomic mass is 16.5. The Morgan fingerprint density at radius 2 is 1.79 bits per heavy atom. The summed E-state index contributed by atoms with van der Waals surface area (Å²) in [6.07, 6.45) is 0. The molecule has 8 nitrogen and oxygen atoms in total. The molecule has 4 rings (SSSR count). The lowest BCUT2D eigenvalue weighted by Crippen LogP contribution is -2.52. The molecule has 0 aliphatic carbocycles. The number of nitrogens with zero attached hydrogens (tertiary/aromatic N) is 2. The van der Waals surface area contributed by atoms with Crippen LogP contribution >= 0.6 is 0 Å². The van der Waals surface area contributed by atoms with E-state index in [0.717, 1.165) is 38.1 Å². The summed E-state index contributed by atoms with van der Waals surface area (Å²) >= 11 is 0. The van der Waals surface area contributed by atoms with Crippen molar-refractivity contribution in [2.24, 2.45) is 0 Å². The molecule has 1 amide bonds. The van der Waals surface area contributed by atoms with Gasteiger partial charge in [0.05, 0.1) is 31.5 Å². The minimum atomic E-state index is -0.539. The average molecular weight is 451 g/mol. The standard InChI is InChI=1S/C25H30N4O4/c1-17(29-13-11-28(12-14-29)16-18-7-5-4-6-8-18)24(30)27-22-20-10-9-19(32-2)15-21(20)26-23(22)25(31)33-3/h4-10,15,17,26H,11-14,16H2,1-3H3,(H,27,30)/t17-/m1/s1. The van der Waals surface area contributed by atoms with Gasteiger partial charge in [0, 0.05) is 44.2 Å². The lowest BCUT2D eigenvalue weighted by atomic mass is 10.1. The molecule has 1 aliphatic heterocycles. The fourth-order valence-electron chi connectivity index (χ4n) is 4.23. The molecule has 1 saturated heterocycles. The second-order valence-electron chi connectivity index (χ2n) is 8.24. The highest BCUT2D eigenvalue weighted by molar-refractivity contribution is 6.11. The van der Waals surface area contributed by atoms with E-state index in [1.807, 2.05) is 19.1 Å². The molecule has 174 valence electrons. The number of anilines is 1. The summed E-state index contributed by atoms with van der Waals surface area (Å²) in [6, 6.07) is 15.5. The maximum absolute atomic E-state index is 13.2. The smallest absolute Gasteiger partial charge is 0.356 e. The van der Waals surface area contributed by atoms with Crippen LogP contribution in [0.2, 0.25) is 0 Å². The predicted octanol–water partition coefficient (Wildman–Crippen LogP) is 3.11. The van der Waals surface area contributed by atoms with Crippen molar-refractivity contribution in [2.75, 3.05) is 45.7 Å². The molecule has 2 N–H and O–H groups in total. The Bertz CT molecular complexity index is 1120. The summed E-state index contributed by atoms with van der Waals surface area (Å²) in [5, 5.41) is 3.69. The molecule has 1 fully saturated rings. The van der Waals surface area contributed by atoms with Gasteiger partial charge in [-0.1, -0.05) is 30.3 Å². The number of ether oxygens (including phenoxy) is 2. The summed E-state index contributed by atoms with van der Waals surface area (Å²) in [5.74, 6) is -0.0455. The van der Waals surface area contributed by atoms with Gasteiger partial charge in [0.15, 0.2) is 0 Å². The number of rotatable bonds is 7. The van der Waals surface area contributed by atoms with Crippen LogP contribution in [0.25, 0.3) is 10.9 Å². The molecule has 1 aromatic heterocycles. The Hall–Kier alpha value is -3.36. The van der Waals surface area contributed by atoms with E-state index in [4.69, 9.17) is 9.47 Å². The summed E-state index contributed by atoms with van der Waals surface area (Å²) in [4.78, 5) is 33.1. The number of aromatic amines is 1. The number of methoxy groups -OCH3 is 2. The van der Waals surface area contributed by atoms with Crippen molar-refractivity contribution in [1.82, 2.24) is 14.8 Å². The van der Waals surface area contributed by atoms with Gasteiger partial charge in [0.25, 0.3) is 0 Å². The Kier molecular flexibility index (Phi) is 6.96. The van der Waals surface area contributed by atoms with Gasteiger partial charge < -0.3 is 19.8 Å². The van der Waals surface area contributed by atoms with Crippen LogP contribution in [-0.4, -0.2) is 73.1 Å². The molecular weight excluding hydrogens is 420 g/mol. The zero-order chi connectivity index (χ0) is 23.4. The summed E-state index contributed by atoms with van der Waals surface area (Å²) < 4.78 is 10.2. The third kappa shape index (κ3) is 5.02. The topological polar surface area (TPSA) is 86.9 Å². The van der Waals surface area contributed by atoms with E-state index in [2.05, 4.69) is 44.4 Å². The molecule has 2 aromatic carbocycles. The number of amides is 1. The van der Waals surface area contributed by atoms with Crippen molar-refractivity contribution < 1.29 is 19.1 Å². The van der Waals surface area contributed by atoms with Crippen LogP contribution in [0.4, 0.5) is 5.69 Å². The molecule has 0 saturated carbocycles. The normalized spacial score (nSPS) is 15.8. The fourth-order valence-corrected chi connectivity index (χ4v) is 4.23. The molecule has 3 aromatic rings. The Labute approximate surface area is 193 Å². The van der Waals surface area contributed by atoms with Crippen LogP contribution in [0.15, 0.2) is 48.5 Å². The second kappa shape index (κ2) is 10.1. The molecule has 1 atom stereocenters. The molecule has 0 unspecified atom stereocenters. The summed E-state index contributed by atoms with van der Waals surface area (Å²) in [6.45, 7) is 6.21. The molecule has 2 heterocycles. The number of carbonyl (C=O) groups excluding carboxylic acids is 2. The fraction of sp³-hybridized carbons (Fsp3) is 0.360. The minimum Gasteiger partial charge on any atom is -0.497 e. The Balaban J connectivity index is 1.44. The van der Waals surface area contributed by atoms with Crippen molar-refractivity contribution >= 4 is 28.5 Å². The summed E-state index contributed by atoms with van der Waals surface area (Å²) in [7, 11) is 2.90. The summed E-state index contributed by atoms with van der Waals surface area (Å²) in [5.41, 5.74) is 2.63. The highest BCUT2D eigenvalue weighted by Crippen LogP contribution is 2.31. The number of hydrogen-bond acceptors (Lipinski definition) is 6. The molecule has 1 aliphatic rings. The number of piperazine rings is 1. The van der Waals surface area contributed by atoms with Crippen LogP contribution in [0.5, 0.6) is 5.75 Å². The van der Waals surface area contributed by atoms with E-state index in [1.54, 1.807) is 19.2 Å². The van der Waals surface area contributed by atoms with Gasteiger partial charge in [-0.05, 0) is 24.6 Å². The van der Waals surface area contributed by atoms with E-state index < -0.39 is 5.97 Å². The van der Waals surface area contributed by atoms with Crippen LogP contribution in [-0.2, 0) is 16.1 Å². The van der Waals surface area contributed by atoms with Gasteiger partial charge in [-0.3, -0.25) is 14.6 Å². The number of H-pyrrole nitrogens is 1. The third-order valence-corrected chi connectivity index (χ3v) is 6.23. The van der Waals surface area contributed by atoms with Crippen molar-refractivity contribution in [2.45, 2.75) is 19.5 Å². The first-order valence-electron chi connectivity index (χ1n) is 11.1. The van der Waals surface area contributed by atoms with E-state index >= 15 is 0 Å². The van der Waals surface area contributed by atoms with E-state index in [1.165, 1.54) is 12.7 Å². The van der Waals surface area contributed by atoms with Gasteiger partial charge in [-0.25, -0.2) is 4.79 Å². The monoisotopic (exact) mass is 450 g/mol. The minimum absolute atomic E-state index is 0.159. The van der Waals surface area contributed by atoms with Gasteiger partial charge >= 0.3 is 5.97 Å². The Morgan fingerprint density at radius 3 is 2.45 bits per heavy atom. The molecule has 0 bridgehead atoms. The average Bonchev–Trinajstić information content (AvgIpc) is 3.21. The maximum atomic E-state index is 13.2. The van der Waals surface area contributed by atoms with E-state index in [9.17, 15) is 9.59 Å². The van der Waals surface area contributed by atoms with Crippen LogP contribution in [0.3, 0.4) is 0 Å². The zero-order valence-electron chi connectivity index (χ0n) is 19.3. The number of carbonyl (C=O) groups is 2. The SMILES string of the molecule is COC(=O)c1[nH]c2cc(OC)ccc2c1NC(=O)[C@@H](C)N1CCN(Cc2ccccc2)CC1. The molecule has 8 heteroatoms. The lowest BCUT2D eigenvalue weighted by Gasteiger charge is -2.37. The zero-order valence-corrected chi connectivity index (χ0v) is 19.3. The van der Waals surface area contributed by atoms with Gasteiger partial charge in [0.2, 0.25) is 5.91 Å². The first-order chi connectivity index (χ1) is 16.0. The largest absolute Gasteiger partial charge is 0.497 e. The lowest BCUT2D eigenvalue weighted by molar-refractivity contribution is -0.121. The van der Waals surface area contributed by atoms with Crippen molar-refractivity contribution in [3.05, 3.63) is 59.8 Å². The number of aromatic nitrogens is 1. The van der Waals surface area contributed by atoms with Crippen molar-refractivity contribution in [3.8, 4) is 5.75 Å². The number of benzene rings is 2. The highest BCUT2D eigenvalue weighted by Gasteiger charge is 2.28. The van der Waals surface area contributed by atoms with Crippen LogP contribution in [0.1, 0.15) is 23.0 Å². The Morgan fingerprint density at radius 1 is 1.06 bits per heavy atom. The molecular formula is C25H30N4O4. The quantitative estimate of drug-likeness (QED) is 0.538.